The molecule has 17 heavy (non-hydrogen) atoms. The number of phenolic OH excluding ortho intramolecular Hbond substituents is 1. The molecule has 2 aromatic rings. The smallest absolute Gasteiger partial charge is 0.260 e. The number of aromatic nitrogens is 2. The zero-order valence-corrected chi connectivity index (χ0v) is 9.35. The molecule has 0 radical (unpaired) electrons. The van der Waals surface area contributed by atoms with E-state index in [1.807, 2.05) is 0 Å². The van der Waals surface area contributed by atoms with Crippen molar-refractivity contribution in [1.82, 2.24) is 9.97 Å². The molecule has 6 heteroatoms. The normalized spacial score (nSPS) is 9.94. The molecule has 1 aromatic carbocycles. The molecule has 0 aliphatic rings. The molecule has 0 fully saturated rings. The van der Waals surface area contributed by atoms with E-state index >= 15 is 0 Å². The fraction of sp³-hybridized carbons (Fsp3) is 0. The zero-order chi connectivity index (χ0) is 12.3. The molecule has 1 amide bonds. The summed E-state index contributed by atoms with van der Waals surface area (Å²) in [5.74, 6) is -0.277. The minimum Gasteiger partial charge on any atom is -0.507 e. The fourth-order valence-electron chi connectivity index (χ4n) is 1.25. The highest BCUT2D eigenvalue weighted by atomic mass is 35.5. The Labute approximate surface area is 102 Å². The summed E-state index contributed by atoms with van der Waals surface area (Å²) < 4.78 is 0. The van der Waals surface area contributed by atoms with Crippen LogP contribution in [0.2, 0.25) is 5.28 Å². The number of hydrogen-bond donors (Lipinski definition) is 2. The Balaban J connectivity index is 2.20. The first kappa shape index (κ1) is 11.3. The molecule has 1 heterocycles. The molecule has 5 nitrogen and oxygen atoms in total. The van der Waals surface area contributed by atoms with Crippen molar-refractivity contribution in [2.24, 2.45) is 0 Å². The van der Waals surface area contributed by atoms with E-state index in [1.165, 1.54) is 24.4 Å². The van der Waals surface area contributed by atoms with E-state index in [2.05, 4.69) is 15.3 Å². The Bertz CT molecular complexity index is 560. The standard InChI is InChI=1S/C11H8ClN3O2/c12-11-13-6-5-9(15-11)14-10(17)7-3-1-2-4-8(7)16/h1-6,16H,(H,13,14,15,17). The number of para-hydroxylation sites is 1. The third-order valence-corrected chi connectivity index (χ3v) is 2.20. The van der Waals surface area contributed by atoms with E-state index in [4.69, 9.17) is 11.6 Å². The van der Waals surface area contributed by atoms with Gasteiger partial charge in [0.1, 0.15) is 11.6 Å². The van der Waals surface area contributed by atoms with Gasteiger partial charge < -0.3 is 10.4 Å². The van der Waals surface area contributed by atoms with Gasteiger partial charge in [-0.05, 0) is 29.8 Å². The Morgan fingerprint density at radius 3 is 2.76 bits per heavy atom. The first-order valence-electron chi connectivity index (χ1n) is 4.75. The highest BCUT2D eigenvalue weighted by Gasteiger charge is 2.10. The van der Waals surface area contributed by atoms with Crippen LogP contribution in [0.5, 0.6) is 5.75 Å². The number of rotatable bonds is 2. The average Bonchev–Trinajstić information content (AvgIpc) is 2.29. The lowest BCUT2D eigenvalue weighted by atomic mass is 10.2. The maximum Gasteiger partial charge on any atom is 0.260 e. The average molecular weight is 250 g/mol. The Kier molecular flexibility index (Phi) is 3.20. The Hall–Kier alpha value is -2.14. The second kappa shape index (κ2) is 4.80. The zero-order valence-electron chi connectivity index (χ0n) is 8.59. The van der Waals surface area contributed by atoms with Gasteiger partial charge in [0, 0.05) is 6.20 Å². The summed E-state index contributed by atoms with van der Waals surface area (Å²) in [5.41, 5.74) is 0.169. The quantitative estimate of drug-likeness (QED) is 0.799. The van der Waals surface area contributed by atoms with Crippen LogP contribution in [0.1, 0.15) is 10.4 Å². The molecule has 0 saturated heterocycles. The number of phenols is 1. The Morgan fingerprint density at radius 1 is 1.29 bits per heavy atom. The molecule has 0 unspecified atom stereocenters. The molecule has 0 saturated carbocycles. The van der Waals surface area contributed by atoms with Crippen molar-refractivity contribution in [3.05, 3.63) is 47.4 Å². The van der Waals surface area contributed by atoms with Gasteiger partial charge in [0.05, 0.1) is 5.56 Å². The summed E-state index contributed by atoms with van der Waals surface area (Å²) in [4.78, 5) is 19.3. The molecule has 0 aliphatic carbocycles. The molecule has 0 atom stereocenters. The largest absolute Gasteiger partial charge is 0.507 e. The van der Waals surface area contributed by atoms with Crippen LogP contribution in [0, 0.1) is 0 Å². The van der Waals surface area contributed by atoms with Gasteiger partial charge >= 0.3 is 0 Å². The highest BCUT2D eigenvalue weighted by molar-refractivity contribution is 6.28. The molecule has 86 valence electrons. The number of carbonyl (C=O) groups excluding carboxylic acids is 1. The lowest BCUT2D eigenvalue weighted by Crippen LogP contribution is -2.13. The van der Waals surface area contributed by atoms with E-state index in [0.29, 0.717) is 0 Å². The molecule has 0 aliphatic heterocycles. The van der Waals surface area contributed by atoms with Gasteiger partial charge in [0.2, 0.25) is 5.28 Å². The first-order valence-corrected chi connectivity index (χ1v) is 5.12. The molecular formula is C11H8ClN3O2. The summed E-state index contributed by atoms with van der Waals surface area (Å²) >= 11 is 5.58. The van der Waals surface area contributed by atoms with Crippen molar-refractivity contribution in [3.63, 3.8) is 0 Å². The van der Waals surface area contributed by atoms with Gasteiger partial charge in [-0.1, -0.05) is 12.1 Å². The number of hydrogen-bond acceptors (Lipinski definition) is 4. The van der Waals surface area contributed by atoms with E-state index < -0.39 is 5.91 Å². The summed E-state index contributed by atoms with van der Waals surface area (Å²) in [7, 11) is 0. The van der Waals surface area contributed by atoms with Crippen LogP contribution in [0.3, 0.4) is 0 Å². The molecule has 0 spiro atoms. The van der Waals surface area contributed by atoms with Gasteiger partial charge in [0.25, 0.3) is 5.91 Å². The lowest BCUT2D eigenvalue weighted by molar-refractivity contribution is 0.102. The number of nitrogens with zero attached hydrogens (tertiary/aromatic N) is 2. The Morgan fingerprint density at radius 2 is 2.06 bits per heavy atom. The lowest BCUT2D eigenvalue weighted by Gasteiger charge is -2.05. The van der Waals surface area contributed by atoms with E-state index in [9.17, 15) is 9.90 Å². The van der Waals surface area contributed by atoms with Gasteiger partial charge in [0.15, 0.2) is 0 Å². The second-order valence-electron chi connectivity index (χ2n) is 3.18. The van der Waals surface area contributed by atoms with Crippen LogP contribution in [0.15, 0.2) is 36.5 Å². The number of anilines is 1. The van der Waals surface area contributed by atoms with Gasteiger partial charge in [-0.2, -0.15) is 0 Å². The molecular weight excluding hydrogens is 242 g/mol. The van der Waals surface area contributed by atoms with Crippen molar-refractivity contribution in [3.8, 4) is 5.75 Å². The van der Waals surface area contributed by atoms with Gasteiger partial charge in [-0.15, -0.1) is 0 Å². The van der Waals surface area contributed by atoms with Crippen LogP contribution in [-0.4, -0.2) is 21.0 Å². The number of halogens is 1. The minimum absolute atomic E-state index is 0.0417. The van der Waals surface area contributed by atoms with Crippen LogP contribution in [-0.2, 0) is 0 Å². The van der Waals surface area contributed by atoms with E-state index in [0.717, 1.165) is 0 Å². The van der Waals surface area contributed by atoms with Crippen LogP contribution in [0.25, 0.3) is 0 Å². The molecule has 2 N–H and O–H groups in total. The summed E-state index contributed by atoms with van der Waals surface area (Å²) in [6.45, 7) is 0. The maximum absolute atomic E-state index is 11.8. The SMILES string of the molecule is O=C(Nc1ccnc(Cl)n1)c1ccccc1O. The van der Waals surface area contributed by atoms with Crippen molar-refractivity contribution in [1.29, 1.82) is 0 Å². The summed E-state index contributed by atoms with van der Waals surface area (Å²) in [6.07, 6.45) is 1.43. The summed E-state index contributed by atoms with van der Waals surface area (Å²) in [6, 6.07) is 7.73. The van der Waals surface area contributed by atoms with Crippen molar-refractivity contribution in [2.45, 2.75) is 0 Å². The molecule has 0 bridgehead atoms. The monoisotopic (exact) mass is 249 g/mol. The van der Waals surface area contributed by atoms with Crippen molar-refractivity contribution >= 4 is 23.3 Å². The highest BCUT2D eigenvalue weighted by Crippen LogP contribution is 2.17. The fourth-order valence-corrected chi connectivity index (χ4v) is 1.40. The van der Waals surface area contributed by atoms with Crippen LogP contribution < -0.4 is 5.32 Å². The van der Waals surface area contributed by atoms with Crippen molar-refractivity contribution in [2.75, 3.05) is 5.32 Å². The topological polar surface area (TPSA) is 75.1 Å². The predicted molar refractivity (Wildman–Crippen MR) is 63.1 cm³/mol. The van der Waals surface area contributed by atoms with Gasteiger partial charge in [-0.3, -0.25) is 4.79 Å². The molecule has 1 aromatic heterocycles. The number of benzene rings is 1. The third-order valence-electron chi connectivity index (χ3n) is 2.02. The number of aromatic hydroxyl groups is 1. The summed E-state index contributed by atoms with van der Waals surface area (Å²) in [5, 5.41) is 12.0. The van der Waals surface area contributed by atoms with Crippen molar-refractivity contribution < 1.29 is 9.90 Å². The van der Waals surface area contributed by atoms with Crippen LogP contribution >= 0.6 is 11.6 Å². The second-order valence-corrected chi connectivity index (χ2v) is 3.52. The number of carbonyl (C=O) groups is 1. The van der Waals surface area contributed by atoms with Crippen LogP contribution in [0.4, 0.5) is 5.82 Å². The molecule has 2 rings (SSSR count). The number of amides is 1. The maximum atomic E-state index is 11.8. The first-order chi connectivity index (χ1) is 8.16. The third kappa shape index (κ3) is 2.70. The minimum atomic E-state index is -0.460. The van der Waals surface area contributed by atoms with E-state index in [-0.39, 0.29) is 22.4 Å². The van der Waals surface area contributed by atoms with Gasteiger partial charge in [-0.25, -0.2) is 9.97 Å². The number of nitrogens with one attached hydrogen (secondary N) is 1. The van der Waals surface area contributed by atoms with E-state index in [1.54, 1.807) is 12.1 Å². The predicted octanol–water partition coefficient (Wildman–Crippen LogP) is 2.09.